The summed E-state index contributed by atoms with van der Waals surface area (Å²) < 4.78 is 10.6. The fourth-order valence-corrected chi connectivity index (χ4v) is 3.26. The number of carbonyl (C=O) groups excluding carboxylic acids is 1. The molecule has 1 aromatic carbocycles. The molecule has 0 atom stereocenters. The van der Waals surface area contributed by atoms with E-state index in [2.05, 4.69) is 4.90 Å². The smallest absolute Gasteiger partial charge is 0.236 e. The number of amides is 1. The van der Waals surface area contributed by atoms with E-state index in [0.29, 0.717) is 38.5 Å². The normalized spacial score (nSPS) is 19.1. The summed E-state index contributed by atoms with van der Waals surface area (Å²) in [5.41, 5.74) is 9.24. The van der Waals surface area contributed by atoms with Gasteiger partial charge in [0, 0.05) is 26.2 Å². The third-order valence-corrected chi connectivity index (χ3v) is 4.67. The van der Waals surface area contributed by atoms with Crippen LogP contribution in [0.25, 0.3) is 0 Å². The first-order valence-corrected chi connectivity index (χ1v) is 8.20. The van der Waals surface area contributed by atoms with Crippen LogP contribution in [0, 0.1) is 0 Å². The monoisotopic (exact) mass is 319 g/mol. The van der Waals surface area contributed by atoms with Crippen molar-refractivity contribution in [3.63, 3.8) is 0 Å². The number of benzene rings is 1. The molecule has 6 nitrogen and oxygen atoms in total. The quantitative estimate of drug-likeness (QED) is 0.824. The molecule has 2 aliphatic rings. The lowest BCUT2D eigenvalue weighted by molar-refractivity contribution is -0.136. The number of nitrogens with zero attached hydrogens (tertiary/aromatic N) is 2. The number of ether oxygens (including phenoxy) is 2. The molecule has 23 heavy (non-hydrogen) atoms. The molecule has 0 unspecified atom stereocenters. The topological polar surface area (TPSA) is 68.0 Å². The van der Waals surface area contributed by atoms with Crippen LogP contribution in [0.15, 0.2) is 12.1 Å². The van der Waals surface area contributed by atoms with Gasteiger partial charge >= 0.3 is 0 Å². The summed E-state index contributed by atoms with van der Waals surface area (Å²) in [5, 5.41) is 0. The molecule has 3 rings (SSSR count). The van der Waals surface area contributed by atoms with Crippen molar-refractivity contribution in [3.05, 3.63) is 23.3 Å². The van der Waals surface area contributed by atoms with Gasteiger partial charge < -0.3 is 20.1 Å². The molecule has 1 amide bonds. The number of hydrogen-bond acceptors (Lipinski definition) is 5. The van der Waals surface area contributed by atoms with E-state index in [1.165, 1.54) is 11.1 Å². The Labute approximate surface area is 137 Å². The lowest BCUT2D eigenvalue weighted by atomic mass is 10.0. The molecule has 0 aromatic heterocycles. The zero-order chi connectivity index (χ0) is 16.2. The third-order valence-electron chi connectivity index (χ3n) is 4.67. The summed E-state index contributed by atoms with van der Waals surface area (Å²) >= 11 is 0. The molecule has 0 radical (unpaired) electrons. The van der Waals surface area contributed by atoms with E-state index in [4.69, 9.17) is 15.2 Å². The summed E-state index contributed by atoms with van der Waals surface area (Å²) in [6, 6.07) is 4.05. The summed E-state index contributed by atoms with van der Waals surface area (Å²) in [6.45, 7) is 4.97. The highest BCUT2D eigenvalue weighted by Gasteiger charge is 2.22. The van der Waals surface area contributed by atoms with E-state index >= 15 is 0 Å². The predicted octanol–water partition coefficient (Wildman–Crippen LogP) is 0.537. The number of anilines is 1. The maximum atomic E-state index is 12.4. The van der Waals surface area contributed by atoms with Gasteiger partial charge in [-0.15, -0.1) is 0 Å². The average Bonchev–Trinajstić information content (AvgIpc) is 2.77. The molecule has 2 N–H and O–H groups in total. The fourth-order valence-electron chi connectivity index (χ4n) is 3.26. The Morgan fingerprint density at radius 1 is 1.17 bits per heavy atom. The second-order valence-corrected chi connectivity index (χ2v) is 6.13. The van der Waals surface area contributed by atoms with Gasteiger partial charge in [-0.1, -0.05) is 0 Å². The highest BCUT2D eigenvalue weighted by atomic mass is 16.5. The Morgan fingerprint density at radius 3 is 2.48 bits per heavy atom. The second kappa shape index (κ2) is 7.19. The first-order valence-electron chi connectivity index (χ1n) is 8.20. The molecule has 0 saturated carbocycles. The molecule has 1 aromatic rings. The van der Waals surface area contributed by atoms with Gasteiger partial charge in [0.2, 0.25) is 5.91 Å². The van der Waals surface area contributed by atoms with E-state index in [0.717, 1.165) is 31.7 Å². The summed E-state index contributed by atoms with van der Waals surface area (Å²) in [4.78, 5) is 16.5. The zero-order valence-electron chi connectivity index (χ0n) is 13.7. The number of nitrogens with two attached hydrogens (primary N) is 1. The van der Waals surface area contributed by atoms with Crippen LogP contribution in [0.2, 0.25) is 0 Å². The standard InChI is InChI=1S/C17H25N3O3/c1-22-16-11-14-3-5-19(4-2-13(14)10-15(16)18)12-17(21)20-6-8-23-9-7-20/h10-11H,2-9,12,18H2,1H3. The van der Waals surface area contributed by atoms with Crippen molar-refractivity contribution < 1.29 is 14.3 Å². The highest BCUT2D eigenvalue weighted by Crippen LogP contribution is 2.28. The van der Waals surface area contributed by atoms with Crippen molar-refractivity contribution in [2.45, 2.75) is 12.8 Å². The van der Waals surface area contributed by atoms with Gasteiger partial charge in [-0.2, -0.15) is 0 Å². The van der Waals surface area contributed by atoms with E-state index in [1.54, 1.807) is 7.11 Å². The van der Waals surface area contributed by atoms with Crippen LogP contribution in [0.5, 0.6) is 5.75 Å². The Kier molecular flexibility index (Phi) is 5.03. The largest absolute Gasteiger partial charge is 0.495 e. The van der Waals surface area contributed by atoms with Gasteiger partial charge in [-0.05, 0) is 36.1 Å². The summed E-state index contributed by atoms with van der Waals surface area (Å²) in [7, 11) is 1.64. The van der Waals surface area contributed by atoms with Crippen molar-refractivity contribution >= 4 is 11.6 Å². The van der Waals surface area contributed by atoms with Crippen LogP contribution in [-0.2, 0) is 22.4 Å². The number of nitrogen functional groups attached to an aromatic ring is 1. The number of rotatable bonds is 3. The number of carbonyl (C=O) groups is 1. The first kappa shape index (κ1) is 16.1. The zero-order valence-corrected chi connectivity index (χ0v) is 13.7. The lowest BCUT2D eigenvalue weighted by Crippen LogP contribution is -2.46. The molecule has 2 aliphatic heterocycles. The van der Waals surface area contributed by atoms with Crippen LogP contribution in [0.4, 0.5) is 5.69 Å². The molecule has 0 aliphatic carbocycles. The minimum absolute atomic E-state index is 0.205. The van der Waals surface area contributed by atoms with E-state index in [9.17, 15) is 4.79 Å². The predicted molar refractivity (Wildman–Crippen MR) is 88.7 cm³/mol. The Bertz CT molecular complexity index is 570. The lowest BCUT2D eigenvalue weighted by Gasteiger charge is -2.29. The Hall–Kier alpha value is -1.79. The second-order valence-electron chi connectivity index (χ2n) is 6.13. The summed E-state index contributed by atoms with van der Waals surface area (Å²) in [6.07, 6.45) is 1.84. The number of hydrogen-bond donors (Lipinski definition) is 1. The van der Waals surface area contributed by atoms with E-state index < -0.39 is 0 Å². The maximum absolute atomic E-state index is 12.4. The van der Waals surface area contributed by atoms with Crippen LogP contribution >= 0.6 is 0 Å². The maximum Gasteiger partial charge on any atom is 0.236 e. The van der Waals surface area contributed by atoms with Gasteiger partial charge in [0.1, 0.15) is 5.75 Å². The molecule has 126 valence electrons. The summed E-state index contributed by atoms with van der Waals surface area (Å²) in [5.74, 6) is 0.943. The number of fused-ring (bicyclic) bond motifs is 1. The van der Waals surface area contributed by atoms with Crippen LogP contribution in [0.3, 0.4) is 0 Å². The van der Waals surface area contributed by atoms with E-state index in [1.807, 2.05) is 17.0 Å². The van der Waals surface area contributed by atoms with Gasteiger partial charge in [0.25, 0.3) is 0 Å². The average molecular weight is 319 g/mol. The fraction of sp³-hybridized carbons (Fsp3) is 0.588. The van der Waals surface area contributed by atoms with Crippen molar-refractivity contribution in [1.29, 1.82) is 0 Å². The molecule has 0 spiro atoms. The van der Waals surface area contributed by atoms with Crippen molar-refractivity contribution in [2.24, 2.45) is 0 Å². The molecular formula is C17H25N3O3. The van der Waals surface area contributed by atoms with Gasteiger partial charge in [0.15, 0.2) is 0 Å². The first-order chi connectivity index (χ1) is 11.2. The minimum Gasteiger partial charge on any atom is -0.495 e. The van der Waals surface area contributed by atoms with Crippen molar-refractivity contribution in [2.75, 3.05) is 58.8 Å². The van der Waals surface area contributed by atoms with Gasteiger partial charge in [-0.3, -0.25) is 9.69 Å². The molecule has 2 heterocycles. The van der Waals surface area contributed by atoms with Crippen molar-refractivity contribution in [3.8, 4) is 5.75 Å². The molecule has 1 fully saturated rings. The molecular weight excluding hydrogens is 294 g/mol. The Balaban J connectivity index is 1.61. The molecule has 0 bridgehead atoms. The van der Waals surface area contributed by atoms with Gasteiger partial charge in [0.05, 0.1) is 32.6 Å². The number of methoxy groups -OCH3 is 1. The molecule has 1 saturated heterocycles. The van der Waals surface area contributed by atoms with Crippen LogP contribution in [-0.4, -0.2) is 68.8 Å². The Morgan fingerprint density at radius 2 is 1.83 bits per heavy atom. The van der Waals surface area contributed by atoms with Crippen molar-refractivity contribution in [1.82, 2.24) is 9.80 Å². The highest BCUT2D eigenvalue weighted by molar-refractivity contribution is 5.78. The third kappa shape index (κ3) is 3.76. The van der Waals surface area contributed by atoms with Crippen LogP contribution in [0.1, 0.15) is 11.1 Å². The minimum atomic E-state index is 0.205. The van der Waals surface area contributed by atoms with Gasteiger partial charge in [-0.25, -0.2) is 0 Å². The SMILES string of the molecule is COc1cc2c(cc1N)CCN(CC(=O)N1CCOCC1)CC2. The van der Waals surface area contributed by atoms with Crippen LogP contribution < -0.4 is 10.5 Å². The molecule has 6 heteroatoms. The van der Waals surface area contributed by atoms with E-state index in [-0.39, 0.29) is 5.91 Å². The number of morpholine rings is 1.